The van der Waals surface area contributed by atoms with Crippen LogP contribution in [0.4, 0.5) is 10.1 Å². The van der Waals surface area contributed by atoms with E-state index < -0.39 is 17.7 Å². The Bertz CT molecular complexity index is 774. The first kappa shape index (κ1) is 18.3. The zero-order valence-corrected chi connectivity index (χ0v) is 13.8. The first-order valence-corrected chi connectivity index (χ1v) is 7.73. The second-order valence-corrected chi connectivity index (χ2v) is 5.40. The molecule has 2 rings (SSSR count). The molecule has 0 bridgehead atoms. The number of esters is 1. The number of carbonyl (C=O) groups excluding carboxylic acids is 3. The van der Waals surface area contributed by atoms with Crippen LogP contribution in [0.1, 0.15) is 28.8 Å². The Hall–Kier alpha value is -3.02. The largest absolute Gasteiger partial charge is 0.469 e. The zero-order chi connectivity index (χ0) is 18.2. The maximum absolute atomic E-state index is 13.6. The average molecular weight is 343 g/mol. The number of nitrogens with one attached hydrogen (secondary N) is 1. The van der Waals surface area contributed by atoms with Crippen molar-refractivity contribution in [2.45, 2.75) is 19.3 Å². The van der Waals surface area contributed by atoms with Crippen molar-refractivity contribution < 1.29 is 23.5 Å². The van der Waals surface area contributed by atoms with Crippen LogP contribution in [0.25, 0.3) is 0 Å². The molecule has 0 saturated carbocycles. The highest BCUT2D eigenvalue weighted by Crippen LogP contribution is 2.20. The molecule has 0 atom stereocenters. The van der Waals surface area contributed by atoms with Crippen molar-refractivity contribution >= 4 is 23.3 Å². The first-order chi connectivity index (χ1) is 12.0. The first-order valence-electron chi connectivity index (χ1n) is 7.73. The number of anilines is 1. The van der Waals surface area contributed by atoms with Gasteiger partial charge in [0, 0.05) is 18.4 Å². The van der Waals surface area contributed by atoms with E-state index in [1.165, 1.54) is 13.2 Å². The average Bonchev–Trinajstić information content (AvgIpc) is 2.62. The number of ketones is 1. The van der Waals surface area contributed by atoms with Crippen LogP contribution < -0.4 is 5.32 Å². The summed E-state index contributed by atoms with van der Waals surface area (Å²) >= 11 is 0. The second kappa shape index (κ2) is 8.73. The number of Topliss-reactive ketones (excluding diaryl/α,β-unsaturated/α-hetero) is 1. The molecule has 130 valence electrons. The van der Waals surface area contributed by atoms with Crippen LogP contribution in [0.3, 0.4) is 0 Å². The number of methoxy groups -OCH3 is 1. The van der Waals surface area contributed by atoms with Gasteiger partial charge >= 0.3 is 5.97 Å². The van der Waals surface area contributed by atoms with Gasteiger partial charge in [0.2, 0.25) is 5.91 Å². The minimum atomic E-state index is -0.566. The van der Waals surface area contributed by atoms with Crippen molar-refractivity contribution in [1.82, 2.24) is 0 Å². The number of benzene rings is 2. The molecular formula is C19H18FNO4. The van der Waals surface area contributed by atoms with E-state index in [-0.39, 0.29) is 36.3 Å². The maximum Gasteiger partial charge on any atom is 0.306 e. The van der Waals surface area contributed by atoms with Crippen molar-refractivity contribution in [2.75, 3.05) is 12.4 Å². The van der Waals surface area contributed by atoms with E-state index in [1.54, 1.807) is 12.1 Å². The van der Waals surface area contributed by atoms with Gasteiger partial charge in [-0.3, -0.25) is 14.4 Å². The fourth-order valence-electron chi connectivity index (χ4n) is 2.26. The molecule has 1 N–H and O–H groups in total. The van der Waals surface area contributed by atoms with Crippen LogP contribution in [-0.4, -0.2) is 24.8 Å². The Labute approximate surface area is 144 Å². The van der Waals surface area contributed by atoms with Gasteiger partial charge in [-0.15, -0.1) is 0 Å². The highest BCUT2D eigenvalue weighted by Gasteiger charge is 2.16. The highest BCUT2D eigenvalue weighted by molar-refractivity contribution is 6.05. The summed E-state index contributed by atoms with van der Waals surface area (Å²) in [4.78, 5) is 35.5. The molecule has 0 aromatic heterocycles. The van der Waals surface area contributed by atoms with Gasteiger partial charge in [-0.05, 0) is 23.8 Å². The third-order valence-electron chi connectivity index (χ3n) is 3.55. The number of ether oxygens (including phenoxy) is 1. The summed E-state index contributed by atoms with van der Waals surface area (Å²) in [7, 11) is 1.24. The van der Waals surface area contributed by atoms with Crippen molar-refractivity contribution in [3.8, 4) is 0 Å². The summed E-state index contributed by atoms with van der Waals surface area (Å²) in [5, 5.41) is 2.55. The summed E-state index contributed by atoms with van der Waals surface area (Å²) in [6.45, 7) is 0. The van der Waals surface area contributed by atoms with Crippen LogP contribution in [0, 0.1) is 5.82 Å². The summed E-state index contributed by atoms with van der Waals surface area (Å²) in [6, 6.07) is 12.6. The van der Waals surface area contributed by atoms with Gasteiger partial charge in [0.15, 0.2) is 5.78 Å². The van der Waals surface area contributed by atoms with Crippen LogP contribution in [0.5, 0.6) is 0 Å². The molecule has 2 aromatic carbocycles. The molecule has 0 fully saturated rings. The van der Waals surface area contributed by atoms with Crippen molar-refractivity contribution in [3.05, 3.63) is 65.5 Å². The lowest BCUT2D eigenvalue weighted by molar-refractivity contribution is -0.141. The Balaban J connectivity index is 2.12. The number of rotatable bonds is 7. The van der Waals surface area contributed by atoms with Crippen molar-refractivity contribution in [2.24, 2.45) is 0 Å². The van der Waals surface area contributed by atoms with E-state index in [0.29, 0.717) is 0 Å². The molecule has 0 aliphatic rings. The van der Waals surface area contributed by atoms with E-state index >= 15 is 0 Å². The molecule has 1 amide bonds. The Kier molecular flexibility index (Phi) is 6.39. The summed E-state index contributed by atoms with van der Waals surface area (Å²) in [5.74, 6) is -1.83. The van der Waals surface area contributed by atoms with Gasteiger partial charge in [-0.1, -0.05) is 30.3 Å². The van der Waals surface area contributed by atoms with Gasteiger partial charge < -0.3 is 10.1 Å². The molecule has 0 heterocycles. The lowest BCUT2D eigenvalue weighted by atomic mass is 10.0. The minimum absolute atomic E-state index is 0.0726. The molecule has 25 heavy (non-hydrogen) atoms. The summed E-state index contributed by atoms with van der Waals surface area (Å²) in [6.07, 6.45) is -0.0670. The van der Waals surface area contributed by atoms with E-state index in [1.807, 2.05) is 18.2 Å². The lowest BCUT2D eigenvalue weighted by Gasteiger charge is -2.11. The van der Waals surface area contributed by atoms with Crippen LogP contribution >= 0.6 is 0 Å². The Morgan fingerprint density at radius 3 is 2.44 bits per heavy atom. The minimum Gasteiger partial charge on any atom is -0.469 e. The standard InChI is InChI=1S/C19H18FNO4/c1-25-19(24)10-9-18(23)21-16-8-7-14(20)12-15(16)17(22)11-13-5-3-2-4-6-13/h2-8,12H,9-11H2,1H3,(H,21,23). The molecule has 5 nitrogen and oxygen atoms in total. The van der Waals surface area contributed by atoms with E-state index in [9.17, 15) is 18.8 Å². The van der Waals surface area contributed by atoms with Gasteiger partial charge in [-0.25, -0.2) is 4.39 Å². The Morgan fingerprint density at radius 1 is 1.04 bits per heavy atom. The number of hydrogen-bond donors (Lipinski definition) is 1. The smallest absolute Gasteiger partial charge is 0.306 e. The van der Waals surface area contributed by atoms with Crippen LogP contribution in [0.2, 0.25) is 0 Å². The SMILES string of the molecule is COC(=O)CCC(=O)Nc1ccc(F)cc1C(=O)Cc1ccccc1. The van der Waals surface area contributed by atoms with Gasteiger partial charge in [-0.2, -0.15) is 0 Å². The third-order valence-corrected chi connectivity index (χ3v) is 3.55. The van der Waals surface area contributed by atoms with Gasteiger partial charge in [0.05, 0.1) is 19.2 Å². The molecule has 2 aromatic rings. The third kappa shape index (κ3) is 5.53. The molecule has 0 aliphatic heterocycles. The lowest BCUT2D eigenvalue weighted by Crippen LogP contribution is -2.17. The van der Waals surface area contributed by atoms with E-state index in [0.717, 1.165) is 17.7 Å². The molecular weight excluding hydrogens is 325 g/mol. The second-order valence-electron chi connectivity index (χ2n) is 5.40. The number of halogens is 1. The van der Waals surface area contributed by atoms with E-state index in [2.05, 4.69) is 10.1 Å². The number of hydrogen-bond acceptors (Lipinski definition) is 4. The fraction of sp³-hybridized carbons (Fsp3) is 0.211. The fourth-order valence-corrected chi connectivity index (χ4v) is 2.26. The molecule has 6 heteroatoms. The molecule has 0 saturated heterocycles. The molecule has 0 radical (unpaired) electrons. The number of amides is 1. The van der Waals surface area contributed by atoms with Crippen LogP contribution in [-0.2, 0) is 20.7 Å². The molecule has 0 spiro atoms. The van der Waals surface area contributed by atoms with Crippen molar-refractivity contribution in [3.63, 3.8) is 0 Å². The number of carbonyl (C=O) groups is 3. The van der Waals surface area contributed by atoms with E-state index in [4.69, 9.17) is 0 Å². The normalized spacial score (nSPS) is 10.2. The predicted octanol–water partition coefficient (Wildman–Crippen LogP) is 3.14. The molecule has 0 unspecified atom stereocenters. The molecule has 0 aliphatic carbocycles. The monoisotopic (exact) mass is 343 g/mol. The predicted molar refractivity (Wildman–Crippen MR) is 90.8 cm³/mol. The van der Waals surface area contributed by atoms with Gasteiger partial charge in [0.1, 0.15) is 5.82 Å². The van der Waals surface area contributed by atoms with Crippen LogP contribution in [0.15, 0.2) is 48.5 Å². The summed E-state index contributed by atoms with van der Waals surface area (Å²) < 4.78 is 18.0. The Morgan fingerprint density at radius 2 is 1.76 bits per heavy atom. The zero-order valence-electron chi connectivity index (χ0n) is 13.8. The topological polar surface area (TPSA) is 72.5 Å². The summed E-state index contributed by atoms with van der Waals surface area (Å²) in [5.41, 5.74) is 1.10. The quantitative estimate of drug-likeness (QED) is 0.619. The highest BCUT2D eigenvalue weighted by atomic mass is 19.1. The van der Waals surface area contributed by atoms with Gasteiger partial charge in [0.25, 0.3) is 0 Å². The maximum atomic E-state index is 13.6. The van der Waals surface area contributed by atoms with Crippen molar-refractivity contribution in [1.29, 1.82) is 0 Å².